The zero-order chi connectivity index (χ0) is 16.8. The van der Waals surface area contributed by atoms with Gasteiger partial charge in [-0.2, -0.15) is 0 Å². The molecule has 0 aliphatic carbocycles. The predicted molar refractivity (Wildman–Crippen MR) is 96.1 cm³/mol. The number of aryl methyl sites for hydroxylation is 1. The van der Waals surface area contributed by atoms with Crippen molar-refractivity contribution in [2.24, 2.45) is 0 Å². The SMILES string of the molecule is CCCCCCCCCc1ccccc1OCCOCC(C)O. The van der Waals surface area contributed by atoms with Crippen molar-refractivity contribution in [3.63, 3.8) is 0 Å². The van der Waals surface area contributed by atoms with Crippen LogP contribution in [0.5, 0.6) is 5.75 Å². The number of rotatable bonds is 14. The molecule has 1 rings (SSSR count). The molecule has 0 aliphatic rings. The fourth-order valence-corrected chi connectivity index (χ4v) is 2.59. The van der Waals surface area contributed by atoms with E-state index in [4.69, 9.17) is 14.6 Å². The second-order valence-corrected chi connectivity index (χ2v) is 6.25. The summed E-state index contributed by atoms with van der Waals surface area (Å²) in [7, 11) is 0. The molecule has 3 nitrogen and oxygen atoms in total. The van der Waals surface area contributed by atoms with Gasteiger partial charge in [0.05, 0.1) is 19.3 Å². The summed E-state index contributed by atoms with van der Waals surface area (Å²) in [4.78, 5) is 0. The Hall–Kier alpha value is -1.06. The highest BCUT2D eigenvalue weighted by atomic mass is 16.5. The van der Waals surface area contributed by atoms with Crippen molar-refractivity contribution in [1.29, 1.82) is 0 Å². The minimum absolute atomic E-state index is 0.364. The number of unbranched alkanes of at least 4 members (excludes halogenated alkanes) is 6. The molecule has 0 heterocycles. The largest absolute Gasteiger partial charge is 0.491 e. The minimum Gasteiger partial charge on any atom is -0.491 e. The minimum atomic E-state index is -0.417. The molecule has 1 unspecified atom stereocenters. The Bertz CT molecular complexity index is 390. The first-order chi connectivity index (χ1) is 11.2. The van der Waals surface area contributed by atoms with Gasteiger partial charge in [-0.1, -0.05) is 63.6 Å². The molecule has 0 saturated heterocycles. The molecule has 1 aromatic carbocycles. The van der Waals surface area contributed by atoms with E-state index in [-0.39, 0.29) is 0 Å². The molecule has 1 atom stereocenters. The molecule has 132 valence electrons. The second-order valence-electron chi connectivity index (χ2n) is 6.25. The van der Waals surface area contributed by atoms with E-state index < -0.39 is 6.10 Å². The van der Waals surface area contributed by atoms with Crippen molar-refractivity contribution in [3.8, 4) is 5.75 Å². The molecule has 0 aromatic heterocycles. The fourth-order valence-electron chi connectivity index (χ4n) is 2.59. The zero-order valence-corrected chi connectivity index (χ0v) is 14.9. The predicted octanol–water partition coefficient (Wildman–Crippen LogP) is 4.76. The van der Waals surface area contributed by atoms with Gasteiger partial charge >= 0.3 is 0 Å². The van der Waals surface area contributed by atoms with Gasteiger partial charge in [0, 0.05) is 0 Å². The average molecular weight is 322 g/mol. The van der Waals surface area contributed by atoms with Crippen LogP contribution in [-0.4, -0.2) is 31.0 Å². The van der Waals surface area contributed by atoms with Crippen LogP contribution in [0.2, 0.25) is 0 Å². The topological polar surface area (TPSA) is 38.7 Å². The fraction of sp³-hybridized carbons (Fsp3) is 0.700. The van der Waals surface area contributed by atoms with Crippen LogP contribution < -0.4 is 4.74 Å². The van der Waals surface area contributed by atoms with Gasteiger partial charge in [-0.05, 0) is 31.4 Å². The Kier molecular flexibility index (Phi) is 11.6. The lowest BCUT2D eigenvalue weighted by atomic mass is 10.0. The molecule has 1 N–H and O–H groups in total. The van der Waals surface area contributed by atoms with E-state index >= 15 is 0 Å². The summed E-state index contributed by atoms with van der Waals surface area (Å²) in [5.74, 6) is 0.971. The van der Waals surface area contributed by atoms with Crippen LogP contribution in [0.25, 0.3) is 0 Å². The Labute approximate surface area is 142 Å². The van der Waals surface area contributed by atoms with Gasteiger partial charge in [0.1, 0.15) is 12.4 Å². The molecule has 0 aliphatic heterocycles. The zero-order valence-electron chi connectivity index (χ0n) is 14.9. The summed E-state index contributed by atoms with van der Waals surface area (Å²) in [6.45, 7) is 5.38. The highest BCUT2D eigenvalue weighted by Gasteiger charge is 2.03. The van der Waals surface area contributed by atoms with Gasteiger partial charge in [-0.3, -0.25) is 0 Å². The van der Waals surface area contributed by atoms with E-state index in [1.807, 2.05) is 12.1 Å². The highest BCUT2D eigenvalue weighted by Crippen LogP contribution is 2.20. The summed E-state index contributed by atoms with van der Waals surface area (Å²) in [6.07, 6.45) is 9.96. The second kappa shape index (κ2) is 13.4. The quantitative estimate of drug-likeness (QED) is 0.502. The number of hydrogen-bond acceptors (Lipinski definition) is 3. The third-order valence-corrected chi connectivity index (χ3v) is 3.87. The van der Waals surface area contributed by atoms with Crippen LogP contribution in [0.3, 0.4) is 0 Å². The van der Waals surface area contributed by atoms with E-state index in [9.17, 15) is 0 Å². The normalized spacial score (nSPS) is 12.3. The lowest BCUT2D eigenvalue weighted by Crippen LogP contribution is -2.15. The molecule has 0 spiro atoms. The van der Waals surface area contributed by atoms with E-state index in [1.165, 1.54) is 50.5 Å². The number of aliphatic hydroxyl groups is 1. The molecule has 3 heteroatoms. The Morgan fingerprint density at radius 3 is 2.39 bits per heavy atom. The summed E-state index contributed by atoms with van der Waals surface area (Å²) < 4.78 is 11.1. The van der Waals surface area contributed by atoms with Crippen LogP contribution >= 0.6 is 0 Å². The van der Waals surface area contributed by atoms with Crippen LogP contribution in [0.4, 0.5) is 0 Å². The van der Waals surface area contributed by atoms with Crippen molar-refractivity contribution >= 4 is 0 Å². The van der Waals surface area contributed by atoms with Gasteiger partial charge in [-0.25, -0.2) is 0 Å². The first kappa shape index (κ1) is 20.0. The van der Waals surface area contributed by atoms with Gasteiger partial charge in [0.15, 0.2) is 0 Å². The number of hydrogen-bond donors (Lipinski definition) is 1. The van der Waals surface area contributed by atoms with Gasteiger partial charge < -0.3 is 14.6 Å². The summed E-state index contributed by atoms with van der Waals surface area (Å²) in [6, 6.07) is 8.28. The van der Waals surface area contributed by atoms with Crippen molar-refractivity contribution in [1.82, 2.24) is 0 Å². The first-order valence-corrected chi connectivity index (χ1v) is 9.20. The molecular weight excluding hydrogens is 288 g/mol. The summed E-state index contributed by atoms with van der Waals surface area (Å²) in [5, 5.41) is 9.14. The molecule has 0 bridgehead atoms. The molecule has 0 radical (unpaired) electrons. The van der Waals surface area contributed by atoms with Crippen LogP contribution in [-0.2, 0) is 11.2 Å². The standard InChI is InChI=1S/C20H34O3/c1-3-4-5-6-7-8-9-12-19-13-10-11-14-20(19)23-16-15-22-17-18(2)21/h10-11,13-14,18,21H,3-9,12,15-17H2,1-2H3. The van der Waals surface area contributed by atoms with Gasteiger partial charge in [-0.15, -0.1) is 0 Å². The van der Waals surface area contributed by atoms with Crippen LogP contribution in [0.15, 0.2) is 24.3 Å². The molecule has 0 fully saturated rings. The van der Waals surface area contributed by atoms with Crippen LogP contribution in [0.1, 0.15) is 64.4 Å². The van der Waals surface area contributed by atoms with Gasteiger partial charge in [0.2, 0.25) is 0 Å². The Morgan fingerprint density at radius 1 is 0.957 bits per heavy atom. The molecule has 0 amide bonds. The van der Waals surface area contributed by atoms with Gasteiger partial charge in [0.25, 0.3) is 0 Å². The summed E-state index contributed by atoms with van der Waals surface area (Å²) >= 11 is 0. The molecule has 23 heavy (non-hydrogen) atoms. The first-order valence-electron chi connectivity index (χ1n) is 9.20. The average Bonchev–Trinajstić information content (AvgIpc) is 2.54. The Balaban J connectivity index is 2.19. The third-order valence-electron chi connectivity index (χ3n) is 3.87. The third kappa shape index (κ3) is 10.4. The summed E-state index contributed by atoms with van der Waals surface area (Å²) in [5.41, 5.74) is 1.29. The van der Waals surface area contributed by atoms with E-state index in [0.717, 1.165) is 12.2 Å². The van der Waals surface area contributed by atoms with Crippen molar-refractivity contribution < 1.29 is 14.6 Å². The van der Waals surface area contributed by atoms with Crippen molar-refractivity contribution in [3.05, 3.63) is 29.8 Å². The molecule has 1 aromatic rings. The number of para-hydroxylation sites is 1. The van der Waals surface area contributed by atoms with E-state index in [0.29, 0.717) is 19.8 Å². The van der Waals surface area contributed by atoms with E-state index in [2.05, 4.69) is 19.1 Å². The van der Waals surface area contributed by atoms with Crippen LogP contribution in [0, 0.1) is 0 Å². The maximum absolute atomic E-state index is 9.14. The smallest absolute Gasteiger partial charge is 0.122 e. The highest BCUT2D eigenvalue weighted by molar-refractivity contribution is 5.33. The number of ether oxygens (including phenoxy) is 2. The van der Waals surface area contributed by atoms with E-state index in [1.54, 1.807) is 6.92 Å². The van der Waals surface area contributed by atoms with Crippen molar-refractivity contribution in [2.45, 2.75) is 71.3 Å². The molecular formula is C20H34O3. The van der Waals surface area contributed by atoms with Crippen molar-refractivity contribution in [2.75, 3.05) is 19.8 Å². The Morgan fingerprint density at radius 2 is 1.65 bits per heavy atom. The lowest BCUT2D eigenvalue weighted by molar-refractivity contribution is 0.0328. The maximum atomic E-state index is 9.14. The lowest BCUT2D eigenvalue weighted by Gasteiger charge is -2.12. The maximum Gasteiger partial charge on any atom is 0.122 e. The number of aliphatic hydroxyl groups excluding tert-OH is 1. The number of benzene rings is 1. The molecule has 0 saturated carbocycles. The monoisotopic (exact) mass is 322 g/mol.